The van der Waals surface area contributed by atoms with Crippen LogP contribution in [-0.2, 0) is 0 Å². The van der Waals surface area contributed by atoms with Gasteiger partial charge in [0, 0.05) is 31.2 Å². The number of hydrogen-bond donors (Lipinski definition) is 1. The molecule has 2 amide bonds. The molecule has 1 fully saturated rings. The van der Waals surface area contributed by atoms with Crippen LogP contribution in [0.2, 0.25) is 5.02 Å². The zero-order valence-corrected chi connectivity index (χ0v) is 16.1. The fourth-order valence-corrected chi connectivity index (χ4v) is 3.44. The monoisotopic (exact) mass is 387 g/mol. The number of methoxy groups -OCH3 is 1. The lowest BCUT2D eigenvalue weighted by Gasteiger charge is -2.30. The van der Waals surface area contributed by atoms with Gasteiger partial charge in [-0.25, -0.2) is 0 Å². The summed E-state index contributed by atoms with van der Waals surface area (Å²) in [6, 6.07) is 6.55. The molecular weight excluding hydrogens is 366 g/mol. The topological polar surface area (TPSA) is 71.5 Å². The Labute approximate surface area is 163 Å². The average molecular weight is 388 g/mol. The van der Waals surface area contributed by atoms with Crippen molar-refractivity contribution in [3.63, 3.8) is 0 Å². The van der Waals surface area contributed by atoms with Crippen molar-refractivity contribution in [2.24, 2.45) is 5.92 Å². The molecule has 0 aliphatic carbocycles. The minimum absolute atomic E-state index is 0.0869. The zero-order chi connectivity index (χ0) is 19.4. The van der Waals surface area contributed by atoms with Crippen LogP contribution in [-0.4, -0.2) is 41.9 Å². The highest BCUT2D eigenvalue weighted by Gasteiger charge is 2.23. The summed E-state index contributed by atoms with van der Waals surface area (Å²) in [5, 5.41) is 3.16. The van der Waals surface area contributed by atoms with E-state index in [1.807, 2.05) is 4.90 Å². The van der Waals surface area contributed by atoms with Gasteiger partial charge in [-0.15, -0.1) is 0 Å². The molecule has 1 aliphatic heterocycles. The predicted octanol–water partition coefficient (Wildman–Crippen LogP) is 3.87. The molecule has 1 aliphatic rings. The van der Waals surface area contributed by atoms with E-state index in [0.29, 0.717) is 33.5 Å². The molecule has 2 aromatic rings. The first-order chi connectivity index (χ1) is 13.0. The molecule has 0 bridgehead atoms. The Hall–Kier alpha value is -2.60. The number of anilines is 1. The number of amides is 2. The van der Waals surface area contributed by atoms with Gasteiger partial charge in [0.25, 0.3) is 11.8 Å². The molecule has 1 atom stereocenters. The Morgan fingerprint density at radius 2 is 2.04 bits per heavy atom. The van der Waals surface area contributed by atoms with E-state index in [-0.39, 0.29) is 11.8 Å². The number of hydrogen-bond acceptors (Lipinski definition) is 4. The largest absolute Gasteiger partial charge is 0.495 e. The molecule has 1 saturated heterocycles. The highest BCUT2D eigenvalue weighted by atomic mass is 35.5. The number of ether oxygens (including phenoxy) is 1. The summed E-state index contributed by atoms with van der Waals surface area (Å²) in [7, 11) is 1.52. The summed E-state index contributed by atoms with van der Waals surface area (Å²) < 4.78 is 5.10. The number of nitrogens with one attached hydrogen (secondary N) is 1. The predicted molar refractivity (Wildman–Crippen MR) is 104 cm³/mol. The van der Waals surface area contributed by atoms with E-state index < -0.39 is 0 Å². The van der Waals surface area contributed by atoms with Crippen LogP contribution in [0.3, 0.4) is 0 Å². The number of nitrogens with zero attached hydrogens (tertiary/aromatic N) is 2. The number of carbonyl (C=O) groups is 2. The lowest BCUT2D eigenvalue weighted by Crippen LogP contribution is -2.39. The molecule has 0 radical (unpaired) electrons. The van der Waals surface area contributed by atoms with Gasteiger partial charge in [0.15, 0.2) is 0 Å². The first-order valence-electron chi connectivity index (χ1n) is 8.87. The molecule has 1 N–H and O–H groups in total. The molecule has 1 aromatic heterocycles. The quantitative estimate of drug-likeness (QED) is 0.864. The summed E-state index contributed by atoms with van der Waals surface area (Å²) in [6.45, 7) is 3.62. The lowest BCUT2D eigenvalue weighted by atomic mass is 9.99. The van der Waals surface area contributed by atoms with Gasteiger partial charge in [0.1, 0.15) is 5.75 Å². The molecular formula is C20H22ClN3O3. The number of pyridine rings is 1. The van der Waals surface area contributed by atoms with Crippen molar-refractivity contribution in [3.8, 4) is 5.75 Å². The van der Waals surface area contributed by atoms with Gasteiger partial charge < -0.3 is 15.0 Å². The van der Waals surface area contributed by atoms with Gasteiger partial charge in [-0.2, -0.15) is 0 Å². The summed E-state index contributed by atoms with van der Waals surface area (Å²) in [5.74, 6) is 0.572. The number of rotatable bonds is 4. The molecule has 7 heteroatoms. The zero-order valence-electron chi connectivity index (χ0n) is 15.4. The van der Waals surface area contributed by atoms with E-state index in [1.54, 1.807) is 24.3 Å². The maximum Gasteiger partial charge on any atom is 0.257 e. The van der Waals surface area contributed by atoms with Crippen LogP contribution < -0.4 is 10.1 Å². The second-order valence-electron chi connectivity index (χ2n) is 6.76. The Morgan fingerprint density at radius 1 is 1.26 bits per heavy atom. The van der Waals surface area contributed by atoms with Crippen molar-refractivity contribution in [2.45, 2.75) is 19.8 Å². The van der Waals surface area contributed by atoms with Gasteiger partial charge in [-0.1, -0.05) is 18.5 Å². The third-order valence-electron chi connectivity index (χ3n) is 4.60. The van der Waals surface area contributed by atoms with Crippen LogP contribution in [0.15, 0.2) is 36.7 Å². The van der Waals surface area contributed by atoms with Crippen molar-refractivity contribution >= 4 is 29.1 Å². The Bertz CT molecular complexity index is 856. The summed E-state index contributed by atoms with van der Waals surface area (Å²) in [5.41, 5.74) is 1.27. The normalized spacial score (nSPS) is 16.7. The van der Waals surface area contributed by atoms with Crippen molar-refractivity contribution < 1.29 is 14.3 Å². The fourth-order valence-electron chi connectivity index (χ4n) is 3.18. The summed E-state index contributed by atoms with van der Waals surface area (Å²) >= 11 is 6.08. The van der Waals surface area contributed by atoms with Crippen molar-refractivity contribution in [2.75, 3.05) is 25.5 Å². The maximum absolute atomic E-state index is 12.7. The van der Waals surface area contributed by atoms with Crippen molar-refractivity contribution in [1.82, 2.24) is 9.88 Å². The van der Waals surface area contributed by atoms with Crippen LogP contribution in [0.4, 0.5) is 5.69 Å². The average Bonchev–Trinajstić information content (AvgIpc) is 2.67. The van der Waals surface area contributed by atoms with Crippen LogP contribution in [0.25, 0.3) is 0 Å². The molecule has 3 rings (SSSR count). The number of aromatic nitrogens is 1. The highest BCUT2D eigenvalue weighted by Crippen LogP contribution is 2.27. The smallest absolute Gasteiger partial charge is 0.257 e. The first-order valence-corrected chi connectivity index (χ1v) is 9.25. The maximum atomic E-state index is 12.7. The van der Waals surface area contributed by atoms with Crippen LogP contribution >= 0.6 is 11.6 Å². The van der Waals surface area contributed by atoms with Gasteiger partial charge in [-0.3, -0.25) is 14.6 Å². The SMILES string of the molecule is COc1ccc(NC(=O)c2cncc(C(=O)N3CCCC(C)C3)c2)cc1Cl. The number of carbonyl (C=O) groups excluding carboxylic acids is 2. The van der Waals surface area contributed by atoms with Crippen LogP contribution in [0.5, 0.6) is 5.75 Å². The van der Waals surface area contributed by atoms with E-state index >= 15 is 0 Å². The number of likely N-dealkylation sites (tertiary alicyclic amines) is 1. The Kier molecular flexibility index (Phi) is 5.96. The van der Waals surface area contributed by atoms with E-state index in [9.17, 15) is 9.59 Å². The third-order valence-corrected chi connectivity index (χ3v) is 4.90. The minimum Gasteiger partial charge on any atom is -0.495 e. The van der Waals surface area contributed by atoms with E-state index in [0.717, 1.165) is 25.9 Å². The molecule has 6 nitrogen and oxygen atoms in total. The second-order valence-corrected chi connectivity index (χ2v) is 7.17. The molecule has 27 heavy (non-hydrogen) atoms. The summed E-state index contributed by atoms with van der Waals surface area (Å²) in [6.07, 6.45) is 5.08. The number of halogens is 1. The van der Waals surface area contributed by atoms with Crippen LogP contribution in [0.1, 0.15) is 40.5 Å². The van der Waals surface area contributed by atoms with E-state index in [2.05, 4.69) is 17.2 Å². The Morgan fingerprint density at radius 3 is 2.74 bits per heavy atom. The Balaban J connectivity index is 1.73. The van der Waals surface area contributed by atoms with E-state index in [4.69, 9.17) is 16.3 Å². The number of piperidine rings is 1. The lowest BCUT2D eigenvalue weighted by molar-refractivity contribution is 0.0682. The summed E-state index contributed by atoms with van der Waals surface area (Å²) in [4.78, 5) is 31.2. The molecule has 0 spiro atoms. The molecule has 0 saturated carbocycles. The van der Waals surface area contributed by atoms with Gasteiger partial charge in [0.05, 0.1) is 23.3 Å². The standard InChI is InChI=1S/C20H22ClN3O3/c1-13-4-3-7-24(12-13)20(26)15-8-14(10-22-11-15)19(25)23-16-5-6-18(27-2)17(21)9-16/h5-6,8-11,13H,3-4,7,12H2,1-2H3,(H,23,25). The third kappa shape index (κ3) is 4.57. The van der Waals surface area contributed by atoms with Gasteiger partial charge >= 0.3 is 0 Å². The minimum atomic E-state index is -0.356. The number of benzene rings is 1. The van der Waals surface area contributed by atoms with E-state index in [1.165, 1.54) is 19.5 Å². The first kappa shape index (κ1) is 19.2. The highest BCUT2D eigenvalue weighted by molar-refractivity contribution is 6.32. The molecule has 2 heterocycles. The molecule has 142 valence electrons. The van der Waals surface area contributed by atoms with Crippen LogP contribution in [0, 0.1) is 5.92 Å². The van der Waals surface area contributed by atoms with Crippen molar-refractivity contribution in [3.05, 3.63) is 52.8 Å². The molecule has 1 aromatic carbocycles. The van der Waals surface area contributed by atoms with Gasteiger partial charge in [0.2, 0.25) is 0 Å². The second kappa shape index (κ2) is 8.39. The fraction of sp³-hybridized carbons (Fsp3) is 0.350. The molecule has 1 unspecified atom stereocenters. The van der Waals surface area contributed by atoms with Crippen molar-refractivity contribution in [1.29, 1.82) is 0 Å². The van der Waals surface area contributed by atoms with Gasteiger partial charge in [-0.05, 0) is 43.0 Å².